The first-order valence-corrected chi connectivity index (χ1v) is 12.3. The molecule has 0 heterocycles. The first kappa shape index (κ1) is 25.9. The highest BCUT2D eigenvalue weighted by Crippen LogP contribution is 2.14. The van der Waals surface area contributed by atoms with Gasteiger partial charge in [0, 0.05) is 0 Å². The highest BCUT2D eigenvalue weighted by molar-refractivity contribution is 4.57. The van der Waals surface area contributed by atoms with E-state index < -0.39 is 0 Å². The number of aliphatic hydroxyl groups excluding tert-OH is 1. The molecule has 158 valence electrons. The summed E-state index contributed by atoms with van der Waals surface area (Å²) >= 11 is 0. The van der Waals surface area contributed by atoms with Crippen LogP contribution in [0.3, 0.4) is 0 Å². The molecule has 0 aliphatic heterocycles. The summed E-state index contributed by atoms with van der Waals surface area (Å²) in [5.74, 6) is 0. The second-order valence-corrected chi connectivity index (χ2v) is 8.40. The smallest absolute Gasteiger partial charge is 0.0755 e. The van der Waals surface area contributed by atoms with Crippen LogP contribution >= 0.6 is 0 Å². The van der Waals surface area contributed by atoms with Crippen LogP contribution < -0.4 is 5.32 Å². The third-order valence-electron chi connectivity index (χ3n) is 5.60. The van der Waals surface area contributed by atoms with E-state index in [-0.39, 0.29) is 6.10 Å². The Labute approximate surface area is 165 Å². The largest absolute Gasteiger partial charge is 0.393 e. The van der Waals surface area contributed by atoms with Crippen LogP contribution in [-0.2, 0) is 0 Å². The van der Waals surface area contributed by atoms with Gasteiger partial charge in [-0.3, -0.25) is 0 Å². The second kappa shape index (κ2) is 23.0. The average Bonchev–Trinajstić information content (AvgIpc) is 2.65. The summed E-state index contributed by atoms with van der Waals surface area (Å²) in [5.41, 5.74) is 0. The molecule has 1 atom stereocenters. The van der Waals surface area contributed by atoms with Crippen LogP contribution in [0.5, 0.6) is 0 Å². The molecule has 0 aliphatic rings. The van der Waals surface area contributed by atoms with Gasteiger partial charge in [-0.2, -0.15) is 0 Å². The minimum atomic E-state index is -0.0321. The van der Waals surface area contributed by atoms with Gasteiger partial charge in [-0.1, -0.05) is 97.3 Å². The zero-order valence-electron chi connectivity index (χ0n) is 18.5. The fraction of sp³-hybridized carbons (Fsp3) is 1.00. The van der Waals surface area contributed by atoms with E-state index in [0.29, 0.717) is 0 Å². The number of nitrogens with two attached hydrogens (primary N) is 1. The van der Waals surface area contributed by atoms with E-state index >= 15 is 0 Å². The summed E-state index contributed by atoms with van der Waals surface area (Å²) < 4.78 is 0. The minimum Gasteiger partial charge on any atom is -0.393 e. The van der Waals surface area contributed by atoms with Gasteiger partial charge in [0.2, 0.25) is 0 Å². The average molecular weight is 371 g/mol. The number of aliphatic hydroxyl groups is 1. The molecule has 0 aromatic heterocycles. The summed E-state index contributed by atoms with van der Waals surface area (Å²) in [6.45, 7) is 7.20. The molecule has 0 saturated heterocycles. The summed E-state index contributed by atoms with van der Waals surface area (Å²) in [6.07, 6.45) is 25.1. The van der Waals surface area contributed by atoms with Crippen molar-refractivity contribution in [3.05, 3.63) is 0 Å². The van der Waals surface area contributed by atoms with Crippen molar-refractivity contribution in [1.82, 2.24) is 0 Å². The number of rotatable bonds is 22. The molecule has 0 aromatic carbocycles. The Morgan fingerprint density at radius 3 is 1.31 bits per heavy atom. The zero-order valence-corrected chi connectivity index (χ0v) is 18.5. The quantitative estimate of drug-likeness (QED) is 0.214. The normalized spacial score (nSPS) is 12.6. The van der Waals surface area contributed by atoms with Crippen molar-refractivity contribution < 1.29 is 10.4 Å². The van der Waals surface area contributed by atoms with Gasteiger partial charge < -0.3 is 10.4 Å². The van der Waals surface area contributed by atoms with Crippen molar-refractivity contribution in [2.24, 2.45) is 0 Å². The molecule has 0 radical (unpaired) electrons. The lowest BCUT2D eigenvalue weighted by molar-refractivity contribution is -0.655. The van der Waals surface area contributed by atoms with Gasteiger partial charge in [0.15, 0.2) is 0 Å². The lowest BCUT2D eigenvalue weighted by Gasteiger charge is -2.10. The summed E-state index contributed by atoms with van der Waals surface area (Å²) in [7, 11) is 0. The summed E-state index contributed by atoms with van der Waals surface area (Å²) in [4.78, 5) is 0. The molecule has 0 fully saturated rings. The van der Waals surface area contributed by atoms with Gasteiger partial charge in [-0.15, -0.1) is 0 Å². The Bertz CT molecular complexity index is 244. The molecule has 0 rings (SSSR count). The molecule has 0 saturated carbocycles. The van der Waals surface area contributed by atoms with Crippen LogP contribution in [0.1, 0.15) is 136 Å². The molecule has 0 amide bonds. The first-order chi connectivity index (χ1) is 12.8. The number of hydrogen-bond donors (Lipinski definition) is 2. The van der Waals surface area contributed by atoms with Crippen molar-refractivity contribution in [2.45, 2.75) is 142 Å². The standard InChI is InChI=1S/C24H51NO/c1-3-5-7-16-20-24(26)21-17-14-12-10-9-11-13-15-19-23-25-22-18-8-6-4-2/h24-26H,3-23H2,1-2H3/p+1/t24-/m1/s1. The maximum absolute atomic E-state index is 9.96. The minimum absolute atomic E-state index is 0.0321. The Kier molecular flexibility index (Phi) is 22.9. The number of quaternary nitrogens is 1. The van der Waals surface area contributed by atoms with Gasteiger partial charge in [0.25, 0.3) is 0 Å². The molecule has 0 bridgehead atoms. The topological polar surface area (TPSA) is 36.8 Å². The Morgan fingerprint density at radius 2 is 0.846 bits per heavy atom. The van der Waals surface area contributed by atoms with Crippen LogP contribution in [0.4, 0.5) is 0 Å². The van der Waals surface area contributed by atoms with E-state index in [0.717, 1.165) is 12.8 Å². The third-order valence-corrected chi connectivity index (χ3v) is 5.60. The highest BCUT2D eigenvalue weighted by Gasteiger charge is 2.03. The molecule has 2 nitrogen and oxygen atoms in total. The van der Waals surface area contributed by atoms with Gasteiger partial charge >= 0.3 is 0 Å². The maximum Gasteiger partial charge on any atom is 0.0755 e. The maximum atomic E-state index is 9.96. The Balaban J connectivity index is 3.06. The predicted octanol–water partition coefficient (Wildman–Crippen LogP) is 6.36. The van der Waals surface area contributed by atoms with Gasteiger partial charge in [0.05, 0.1) is 19.2 Å². The van der Waals surface area contributed by atoms with Gasteiger partial charge in [0.1, 0.15) is 0 Å². The molecule has 26 heavy (non-hydrogen) atoms. The number of unbranched alkanes of at least 4 members (excludes halogenated alkanes) is 14. The molecule has 0 spiro atoms. The summed E-state index contributed by atoms with van der Waals surface area (Å²) in [6, 6.07) is 0. The van der Waals surface area contributed by atoms with Crippen LogP contribution in [0, 0.1) is 0 Å². The van der Waals surface area contributed by atoms with Crippen LogP contribution in [0.15, 0.2) is 0 Å². The predicted molar refractivity (Wildman–Crippen MR) is 117 cm³/mol. The third kappa shape index (κ3) is 22.0. The fourth-order valence-corrected chi connectivity index (χ4v) is 3.72. The first-order valence-electron chi connectivity index (χ1n) is 12.3. The Morgan fingerprint density at radius 1 is 0.500 bits per heavy atom. The molecule has 0 aliphatic carbocycles. The fourth-order valence-electron chi connectivity index (χ4n) is 3.72. The molecular weight excluding hydrogens is 318 g/mol. The van der Waals surface area contributed by atoms with Crippen LogP contribution in [-0.4, -0.2) is 24.3 Å². The van der Waals surface area contributed by atoms with Crippen molar-refractivity contribution in [3.63, 3.8) is 0 Å². The van der Waals surface area contributed by atoms with Gasteiger partial charge in [-0.25, -0.2) is 0 Å². The van der Waals surface area contributed by atoms with Crippen molar-refractivity contribution >= 4 is 0 Å². The van der Waals surface area contributed by atoms with Crippen molar-refractivity contribution in [1.29, 1.82) is 0 Å². The van der Waals surface area contributed by atoms with E-state index in [1.807, 2.05) is 0 Å². The monoisotopic (exact) mass is 370 g/mol. The highest BCUT2D eigenvalue weighted by atomic mass is 16.3. The van der Waals surface area contributed by atoms with E-state index in [4.69, 9.17) is 0 Å². The molecule has 3 N–H and O–H groups in total. The zero-order chi connectivity index (χ0) is 19.1. The van der Waals surface area contributed by atoms with E-state index in [2.05, 4.69) is 19.2 Å². The van der Waals surface area contributed by atoms with E-state index in [1.54, 1.807) is 0 Å². The van der Waals surface area contributed by atoms with Crippen LogP contribution in [0.25, 0.3) is 0 Å². The SMILES string of the molecule is CCCCCC[NH2+]CCCCCCCCCCC[C@H](O)CCCCCC. The summed E-state index contributed by atoms with van der Waals surface area (Å²) in [5, 5.41) is 12.5. The van der Waals surface area contributed by atoms with Gasteiger partial charge in [-0.05, 0) is 38.5 Å². The molecule has 2 heteroatoms. The molecule has 0 aromatic rings. The van der Waals surface area contributed by atoms with Crippen molar-refractivity contribution in [3.8, 4) is 0 Å². The molecule has 0 unspecified atom stereocenters. The lowest BCUT2D eigenvalue weighted by Crippen LogP contribution is -2.84. The molecular formula is C24H52NO+. The Hall–Kier alpha value is -0.0800. The lowest BCUT2D eigenvalue weighted by atomic mass is 10.0. The van der Waals surface area contributed by atoms with E-state index in [9.17, 15) is 5.11 Å². The van der Waals surface area contributed by atoms with Crippen LogP contribution in [0.2, 0.25) is 0 Å². The second-order valence-electron chi connectivity index (χ2n) is 8.40. The van der Waals surface area contributed by atoms with Crippen molar-refractivity contribution in [2.75, 3.05) is 13.1 Å². The number of hydrogen-bond acceptors (Lipinski definition) is 1. The van der Waals surface area contributed by atoms with E-state index in [1.165, 1.54) is 122 Å².